The minimum atomic E-state index is -0.106. The molecule has 1 aliphatic heterocycles. The third-order valence-corrected chi connectivity index (χ3v) is 3.83. The van der Waals surface area contributed by atoms with E-state index < -0.39 is 0 Å². The minimum Gasteiger partial charge on any atom is -0.394 e. The highest BCUT2D eigenvalue weighted by atomic mass is 35.5. The fourth-order valence-corrected chi connectivity index (χ4v) is 2.74. The number of aliphatic hydroxyl groups is 1. The van der Waals surface area contributed by atoms with Crippen LogP contribution in [0.25, 0.3) is 0 Å². The van der Waals surface area contributed by atoms with E-state index in [9.17, 15) is 5.11 Å². The van der Waals surface area contributed by atoms with Crippen LogP contribution in [-0.4, -0.2) is 44.1 Å². The van der Waals surface area contributed by atoms with E-state index in [1.165, 1.54) is 11.3 Å². The van der Waals surface area contributed by atoms with Gasteiger partial charge in [0.25, 0.3) is 0 Å². The largest absolute Gasteiger partial charge is 0.394 e. The zero-order chi connectivity index (χ0) is 15.2. The summed E-state index contributed by atoms with van der Waals surface area (Å²) in [4.78, 5) is 2.27. The maximum Gasteiger partial charge on any atom is 0.0980 e. The zero-order valence-corrected chi connectivity index (χ0v) is 13.6. The van der Waals surface area contributed by atoms with Gasteiger partial charge in [-0.25, -0.2) is 0 Å². The lowest BCUT2D eigenvalue weighted by atomic mass is 10.1. The monoisotopic (exact) mass is 312 g/mol. The Hall–Kier alpha value is -0.810. The summed E-state index contributed by atoms with van der Waals surface area (Å²) >= 11 is 6.14. The van der Waals surface area contributed by atoms with Gasteiger partial charge in [0.1, 0.15) is 0 Å². The third kappa shape index (κ3) is 4.85. The van der Waals surface area contributed by atoms with Crippen molar-refractivity contribution in [1.29, 1.82) is 0 Å². The van der Waals surface area contributed by atoms with Crippen LogP contribution >= 0.6 is 11.6 Å². The number of rotatable bonds is 6. The van der Waals surface area contributed by atoms with Crippen molar-refractivity contribution in [1.82, 2.24) is 5.32 Å². The maximum atomic E-state index is 9.29. The molecule has 5 heteroatoms. The molecule has 0 spiro atoms. The van der Waals surface area contributed by atoms with E-state index in [-0.39, 0.29) is 12.7 Å². The van der Waals surface area contributed by atoms with Gasteiger partial charge in [0.15, 0.2) is 0 Å². The molecule has 1 unspecified atom stereocenters. The Bertz CT molecular complexity index is 454. The van der Waals surface area contributed by atoms with Crippen molar-refractivity contribution in [2.75, 3.05) is 37.7 Å². The molecule has 2 N–H and O–H groups in total. The number of halogens is 1. The van der Waals surface area contributed by atoms with Crippen LogP contribution in [0.4, 0.5) is 5.69 Å². The summed E-state index contributed by atoms with van der Waals surface area (Å²) in [6, 6.07) is 6.01. The van der Waals surface area contributed by atoms with Crippen LogP contribution in [0.1, 0.15) is 19.4 Å². The number of aliphatic hydroxyl groups excluding tert-OH is 1. The second kappa shape index (κ2) is 7.99. The first-order valence-corrected chi connectivity index (χ1v) is 7.94. The molecule has 1 atom stereocenters. The van der Waals surface area contributed by atoms with Gasteiger partial charge in [-0.15, -0.1) is 0 Å². The van der Waals surface area contributed by atoms with E-state index in [1.54, 1.807) is 0 Å². The molecule has 4 nitrogen and oxygen atoms in total. The van der Waals surface area contributed by atoms with Gasteiger partial charge in [-0.05, 0) is 36.2 Å². The molecule has 1 aromatic rings. The van der Waals surface area contributed by atoms with Gasteiger partial charge >= 0.3 is 0 Å². The first kappa shape index (κ1) is 16.6. The summed E-state index contributed by atoms with van der Waals surface area (Å²) < 4.78 is 5.52. The second-order valence-corrected chi connectivity index (χ2v) is 6.36. The minimum absolute atomic E-state index is 0.0605. The molecule has 1 heterocycles. The Kier molecular flexibility index (Phi) is 6.30. The van der Waals surface area contributed by atoms with E-state index in [0.717, 1.165) is 31.2 Å². The molecule has 2 rings (SSSR count). The number of morpholine rings is 1. The SMILES string of the molecule is CC(C)CNCc1cc(Cl)ccc1N1CCOC(CO)C1. The van der Waals surface area contributed by atoms with E-state index in [2.05, 4.69) is 30.1 Å². The number of hydrogen-bond acceptors (Lipinski definition) is 4. The highest BCUT2D eigenvalue weighted by Crippen LogP contribution is 2.26. The van der Waals surface area contributed by atoms with E-state index in [1.807, 2.05) is 12.1 Å². The highest BCUT2D eigenvalue weighted by Gasteiger charge is 2.21. The fraction of sp³-hybridized carbons (Fsp3) is 0.625. The normalized spacial score (nSPS) is 19.3. The molecule has 118 valence electrons. The smallest absolute Gasteiger partial charge is 0.0980 e. The summed E-state index contributed by atoms with van der Waals surface area (Å²) in [5.74, 6) is 0.620. The van der Waals surface area contributed by atoms with Gasteiger partial charge in [-0.3, -0.25) is 0 Å². The van der Waals surface area contributed by atoms with Crippen LogP contribution in [-0.2, 0) is 11.3 Å². The number of nitrogens with one attached hydrogen (secondary N) is 1. The van der Waals surface area contributed by atoms with E-state index in [0.29, 0.717) is 12.5 Å². The fourth-order valence-electron chi connectivity index (χ4n) is 2.55. The predicted molar refractivity (Wildman–Crippen MR) is 87.0 cm³/mol. The molecule has 21 heavy (non-hydrogen) atoms. The number of ether oxygens (including phenoxy) is 1. The maximum absolute atomic E-state index is 9.29. The van der Waals surface area contributed by atoms with E-state index >= 15 is 0 Å². The number of hydrogen-bond donors (Lipinski definition) is 2. The van der Waals surface area contributed by atoms with E-state index in [4.69, 9.17) is 16.3 Å². The Morgan fingerprint density at radius 3 is 3.00 bits per heavy atom. The van der Waals surface area contributed by atoms with Crippen molar-refractivity contribution in [3.8, 4) is 0 Å². The van der Waals surface area contributed by atoms with Crippen LogP contribution in [0.15, 0.2) is 18.2 Å². The average molecular weight is 313 g/mol. The lowest BCUT2D eigenvalue weighted by Gasteiger charge is -2.35. The summed E-state index contributed by atoms with van der Waals surface area (Å²) in [5, 5.41) is 13.5. The lowest BCUT2D eigenvalue weighted by Crippen LogP contribution is -2.44. The molecule has 0 aromatic heterocycles. The molecule has 1 fully saturated rings. The average Bonchev–Trinajstić information content (AvgIpc) is 2.47. The van der Waals surface area contributed by atoms with Gasteiger partial charge in [0, 0.05) is 30.3 Å². The van der Waals surface area contributed by atoms with Crippen molar-refractivity contribution in [2.24, 2.45) is 5.92 Å². The van der Waals surface area contributed by atoms with Crippen LogP contribution < -0.4 is 10.2 Å². The van der Waals surface area contributed by atoms with Crippen molar-refractivity contribution in [2.45, 2.75) is 26.5 Å². The molecule has 1 aliphatic rings. The molecular weight excluding hydrogens is 288 g/mol. The summed E-state index contributed by atoms with van der Waals surface area (Å²) in [6.07, 6.45) is -0.106. The molecule has 0 aliphatic carbocycles. The van der Waals surface area contributed by atoms with Crippen LogP contribution in [0.2, 0.25) is 5.02 Å². The molecule has 0 radical (unpaired) electrons. The molecule has 1 saturated heterocycles. The zero-order valence-electron chi connectivity index (χ0n) is 12.8. The van der Waals surface area contributed by atoms with Crippen LogP contribution in [0.3, 0.4) is 0 Å². The number of anilines is 1. The van der Waals surface area contributed by atoms with Crippen molar-refractivity contribution in [3.63, 3.8) is 0 Å². The summed E-state index contributed by atoms with van der Waals surface area (Å²) in [5.41, 5.74) is 2.37. The van der Waals surface area contributed by atoms with Gasteiger partial charge < -0.3 is 20.1 Å². The van der Waals surface area contributed by atoms with Gasteiger partial charge in [-0.2, -0.15) is 0 Å². The molecule has 0 bridgehead atoms. The number of benzene rings is 1. The summed E-state index contributed by atoms with van der Waals surface area (Å²) in [6.45, 7) is 8.44. The summed E-state index contributed by atoms with van der Waals surface area (Å²) in [7, 11) is 0. The lowest BCUT2D eigenvalue weighted by molar-refractivity contribution is 0.00352. The molecule has 0 saturated carbocycles. The molecule has 1 aromatic carbocycles. The molecular formula is C16H25ClN2O2. The Labute approximate surface area is 132 Å². The standard InChI is InChI=1S/C16H25ClN2O2/c1-12(2)8-18-9-13-7-14(17)3-4-16(13)19-5-6-21-15(10-19)11-20/h3-4,7,12,15,18,20H,5-6,8-11H2,1-2H3. The van der Waals surface area contributed by atoms with Crippen molar-refractivity contribution >= 4 is 17.3 Å². The Morgan fingerprint density at radius 1 is 1.48 bits per heavy atom. The first-order chi connectivity index (χ1) is 10.1. The van der Waals surface area contributed by atoms with Gasteiger partial charge in [0.05, 0.1) is 19.3 Å². The van der Waals surface area contributed by atoms with Crippen LogP contribution in [0, 0.1) is 5.92 Å². The van der Waals surface area contributed by atoms with Gasteiger partial charge in [0.2, 0.25) is 0 Å². The first-order valence-electron chi connectivity index (χ1n) is 7.56. The van der Waals surface area contributed by atoms with Crippen LogP contribution in [0.5, 0.6) is 0 Å². The quantitative estimate of drug-likeness (QED) is 0.846. The predicted octanol–water partition coefficient (Wildman–Crippen LogP) is 2.28. The number of nitrogens with zero attached hydrogens (tertiary/aromatic N) is 1. The Morgan fingerprint density at radius 2 is 2.29 bits per heavy atom. The second-order valence-electron chi connectivity index (χ2n) is 5.92. The molecule has 0 amide bonds. The van der Waals surface area contributed by atoms with Crippen molar-refractivity contribution < 1.29 is 9.84 Å². The van der Waals surface area contributed by atoms with Crippen molar-refractivity contribution in [3.05, 3.63) is 28.8 Å². The third-order valence-electron chi connectivity index (χ3n) is 3.59. The topological polar surface area (TPSA) is 44.7 Å². The Balaban J connectivity index is 2.10. The highest BCUT2D eigenvalue weighted by molar-refractivity contribution is 6.30. The van der Waals surface area contributed by atoms with Gasteiger partial charge in [-0.1, -0.05) is 25.4 Å².